The van der Waals surface area contributed by atoms with Gasteiger partial charge in [0.1, 0.15) is 33.0 Å². The summed E-state index contributed by atoms with van der Waals surface area (Å²) in [5.41, 5.74) is 3.27. The zero-order chi connectivity index (χ0) is 44.0. The Balaban J connectivity index is 0.860. The fourth-order valence-electron chi connectivity index (χ4n) is 6.02. The van der Waals surface area contributed by atoms with Crippen LogP contribution in [0.3, 0.4) is 0 Å². The standard InChI is InChI=1S/C46H38N2O14/c49-20-21-58-42(53)33-12-14-34(15-13-33)44(55)61-24-25-62-46(57)36-18-16-35(17-19-36)45(56)60-23-22-59-43(54)32-10-8-31(9-11-32)39(50)47-27-29-4-3-5-30(26-29)28-48-40(51)37-6-1-2-7-38(37)41(48)52/h1-19,26,49H,20-25,27-28H2,(H,47,50). The molecule has 0 aliphatic carbocycles. The smallest absolute Gasteiger partial charge is 0.338 e. The Morgan fingerprint density at radius 1 is 0.452 bits per heavy atom. The molecule has 0 atom stereocenters. The third kappa shape index (κ3) is 11.2. The average molecular weight is 843 g/mol. The second-order valence-electron chi connectivity index (χ2n) is 13.4. The van der Waals surface area contributed by atoms with Crippen molar-refractivity contribution in [2.75, 3.05) is 39.6 Å². The molecule has 0 fully saturated rings. The van der Waals surface area contributed by atoms with Crippen molar-refractivity contribution in [2.45, 2.75) is 13.1 Å². The van der Waals surface area contributed by atoms with Gasteiger partial charge in [-0.2, -0.15) is 0 Å². The van der Waals surface area contributed by atoms with Crippen LogP contribution in [-0.2, 0) is 36.8 Å². The van der Waals surface area contributed by atoms with E-state index in [-0.39, 0.29) is 92.4 Å². The van der Waals surface area contributed by atoms with Gasteiger partial charge in [-0.15, -0.1) is 0 Å². The highest BCUT2D eigenvalue weighted by Gasteiger charge is 2.35. The van der Waals surface area contributed by atoms with Crippen LogP contribution >= 0.6 is 0 Å². The summed E-state index contributed by atoms with van der Waals surface area (Å²) >= 11 is 0. The Labute approximate surface area is 353 Å². The maximum absolute atomic E-state index is 12.8. The number of ether oxygens (including phenoxy) is 5. The second kappa shape index (κ2) is 20.8. The maximum Gasteiger partial charge on any atom is 0.338 e. The molecule has 2 N–H and O–H groups in total. The first-order valence-electron chi connectivity index (χ1n) is 19.1. The third-order valence-electron chi connectivity index (χ3n) is 9.18. The van der Waals surface area contributed by atoms with Gasteiger partial charge in [0.2, 0.25) is 0 Å². The number of nitrogens with zero attached hydrogens (tertiary/aromatic N) is 1. The number of nitrogens with one attached hydrogen (secondary N) is 1. The van der Waals surface area contributed by atoms with Crippen LogP contribution < -0.4 is 5.32 Å². The lowest BCUT2D eigenvalue weighted by atomic mass is 10.1. The summed E-state index contributed by atoms with van der Waals surface area (Å²) in [6.07, 6.45) is 0. The van der Waals surface area contributed by atoms with Gasteiger partial charge >= 0.3 is 29.8 Å². The lowest BCUT2D eigenvalue weighted by molar-refractivity contribution is 0.0263. The maximum atomic E-state index is 12.8. The summed E-state index contributed by atoms with van der Waals surface area (Å²) < 4.78 is 25.4. The number of rotatable bonds is 18. The molecule has 16 heteroatoms. The molecule has 0 unspecified atom stereocenters. The van der Waals surface area contributed by atoms with Crippen molar-refractivity contribution >= 4 is 47.6 Å². The normalized spacial score (nSPS) is 11.6. The number of aliphatic hydroxyl groups is 1. The average Bonchev–Trinajstić information content (AvgIpc) is 3.54. The van der Waals surface area contributed by atoms with E-state index >= 15 is 0 Å². The van der Waals surface area contributed by atoms with Gasteiger partial charge in [0.25, 0.3) is 17.7 Å². The molecule has 16 nitrogen and oxygen atoms in total. The number of imide groups is 1. The predicted octanol–water partition coefficient (Wildman–Crippen LogP) is 4.59. The molecule has 316 valence electrons. The highest BCUT2D eigenvalue weighted by atomic mass is 16.6. The molecule has 3 amide bonds. The van der Waals surface area contributed by atoms with Gasteiger partial charge in [0.05, 0.1) is 52.1 Å². The monoisotopic (exact) mass is 842 g/mol. The van der Waals surface area contributed by atoms with Crippen LogP contribution in [0.5, 0.6) is 0 Å². The van der Waals surface area contributed by atoms with E-state index in [1.807, 2.05) is 6.07 Å². The van der Waals surface area contributed by atoms with Crippen molar-refractivity contribution in [3.63, 3.8) is 0 Å². The number of amides is 3. The molecule has 6 rings (SSSR count). The number of esters is 5. The zero-order valence-electron chi connectivity index (χ0n) is 32.9. The quantitative estimate of drug-likeness (QED) is 0.0534. The van der Waals surface area contributed by atoms with Crippen molar-refractivity contribution in [1.29, 1.82) is 0 Å². The summed E-state index contributed by atoms with van der Waals surface area (Å²) in [7, 11) is 0. The van der Waals surface area contributed by atoms with Gasteiger partial charge in [-0.05, 0) is 96.1 Å². The molecule has 0 saturated heterocycles. The van der Waals surface area contributed by atoms with Gasteiger partial charge in [0, 0.05) is 12.1 Å². The minimum atomic E-state index is -0.729. The first-order valence-corrected chi connectivity index (χ1v) is 19.1. The Kier molecular flexibility index (Phi) is 14.6. The first-order chi connectivity index (χ1) is 30.0. The van der Waals surface area contributed by atoms with Crippen molar-refractivity contribution in [3.05, 3.63) is 177 Å². The number of benzene rings is 5. The predicted molar refractivity (Wildman–Crippen MR) is 216 cm³/mol. The van der Waals surface area contributed by atoms with E-state index in [0.717, 1.165) is 11.1 Å². The van der Waals surface area contributed by atoms with Crippen LogP contribution in [0.4, 0.5) is 0 Å². The van der Waals surface area contributed by atoms with Gasteiger partial charge in [-0.3, -0.25) is 19.3 Å². The highest BCUT2D eigenvalue weighted by molar-refractivity contribution is 6.21. The number of hydrogen-bond donors (Lipinski definition) is 2. The van der Waals surface area contributed by atoms with E-state index in [1.165, 1.54) is 77.7 Å². The van der Waals surface area contributed by atoms with Gasteiger partial charge < -0.3 is 34.1 Å². The van der Waals surface area contributed by atoms with E-state index < -0.39 is 35.8 Å². The minimum absolute atomic E-state index is 0.0890. The topological polar surface area (TPSA) is 218 Å². The van der Waals surface area contributed by atoms with Crippen LogP contribution in [0.1, 0.15) is 94.0 Å². The Hall–Kier alpha value is -7.98. The molecule has 5 aromatic rings. The van der Waals surface area contributed by atoms with Crippen LogP contribution in [0, 0.1) is 0 Å². The highest BCUT2D eigenvalue weighted by Crippen LogP contribution is 2.24. The molecule has 62 heavy (non-hydrogen) atoms. The van der Waals surface area contributed by atoms with Crippen LogP contribution in [-0.4, -0.2) is 97.2 Å². The molecule has 0 bridgehead atoms. The minimum Gasteiger partial charge on any atom is -0.460 e. The van der Waals surface area contributed by atoms with E-state index in [2.05, 4.69) is 5.32 Å². The number of carbonyl (C=O) groups excluding carboxylic acids is 8. The number of fused-ring (bicyclic) bond motifs is 1. The van der Waals surface area contributed by atoms with Gasteiger partial charge in [-0.25, -0.2) is 24.0 Å². The molecule has 5 aromatic carbocycles. The molecule has 0 saturated carbocycles. The Morgan fingerprint density at radius 3 is 1.19 bits per heavy atom. The number of hydrogen-bond acceptors (Lipinski definition) is 14. The van der Waals surface area contributed by atoms with Crippen molar-refractivity contribution in [3.8, 4) is 0 Å². The molecule has 1 aliphatic heterocycles. The fourth-order valence-corrected chi connectivity index (χ4v) is 6.02. The summed E-state index contributed by atoms with van der Waals surface area (Å²) in [6.45, 7) is -1.20. The van der Waals surface area contributed by atoms with Gasteiger partial charge in [0.15, 0.2) is 0 Å². The second-order valence-corrected chi connectivity index (χ2v) is 13.4. The molecule has 1 heterocycles. The first kappa shape index (κ1) is 43.6. The molecule has 0 spiro atoms. The van der Waals surface area contributed by atoms with E-state index in [4.69, 9.17) is 28.8 Å². The van der Waals surface area contributed by atoms with E-state index in [0.29, 0.717) is 16.7 Å². The zero-order valence-corrected chi connectivity index (χ0v) is 32.9. The van der Waals surface area contributed by atoms with Crippen LogP contribution in [0.15, 0.2) is 121 Å². The SMILES string of the molecule is O=C(NCc1cccc(CN2C(=O)c3ccccc3C2=O)c1)c1ccc(C(=O)OCCOC(=O)c2ccc(C(=O)OCCOC(=O)c3ccc(C(=O)OCCO)cc3)cc2)cc1. The van der Waals surface area contributed by atoms with Crippen molar-refractivity contribution < 1.29 is 67.1 Å². The Bertz CT molecular complexity index is 2450. The molecular weight excluding hydrogens is 805 g/mol. The molecule has 0 radical (unpaired) electrons. The lowest BCUT2D eigenvalue weighted by Gasteiger charge is -2.15. The summed E-state index contributed by atoms with van der Waals surface area (Å²) in [5, 5.41) is 11.6. The van der Waals surface area contributed by atoms with E-state index in [9.17, 15) is 38.4 Å². The Morgan fingerprint density at radius 2 is 0.806 bits per heavy atom. The lowest BCUT2D eigenvalue weighted by Crippen LogP contribution is -2.29. The number of carbonyl (C=O) groups is 8. The summed E-state index contributed by atoms with van der Waals surface area (Å²) in [5.74, 6) is -4.61. The third-order valence-corrected chi connectivity index (χ3v) is 9.18. The molecule has 1 aliphatic rings. The van der Waals surface area contributed by atoms with Gasteiger partial charge in [-0.1, -0.05) is 36.4 Å². The van der Waals surface area contributed by atoms with E-state index in [1.54, 1.807) is 42.5 Å². The van der Waals surface area contributed by atoms with Crippen LogP contribution in [0.2, 0.25) is 0 Å². The summed E-state index contributed by atoms with van der Waals surface area (Å²) in [4.78, 5) is 101. The fraction of sp³-hybridized carbons (Fsp3) is 0.174. The van der Waals surface area contributed by atoms with Crippen molar-refractivity contribution in [2.24, 2.45) is 0 Å². The van der Waals surface area contributed by atoms with Crippen molar-refractivity contribution in [1.82, 2.24) is 10.2 Å². The molecular formula is C46H38N2O14. The summed E-state index contributed by atoms with van der Waals surface area (Å²) in [6, 6.07) is 30.5. The molecule has 0 aromatic heterocycles. The largest absolute Gasteiger partial charge is 0.460 e. The van der Waals surface area contributed by atoms with Crippen LogP contribution in [0.25, 0.3) is 0 Å². The number of aliphatic hydroxyl groups excluding tert-OH is 1.